The molecule has 2 atom stereocenters. The number of nitrogens with zero attached hydrogens (tertiary/aromatic N) is 1. The van der Waals surface area contributed by atoms with Crippen LogP contribution in [0.15, 0.2) is 0 Å². The quantitative estimate of drug-likeness (QED) is 0.769. The molecule has 2 unspecified atom stereocenters. The summed E-state index contributed by atoms with van der Waals surface area (Å²) in [5.41, 5.74) is 0. The highest BCUT2D eigenvalue weighted by Gasteiger charge is 2.48. The molecular formula is C11H18F3NO2. The summed E-state index contributed by atoms with van der Waals surface area (Å²) in [5, 5.41) is 0. The fourth-order valence-corrected chi connectivity index (χ4v) is 2.18. The third-order valence-corrected chi connectivity index (χ3v) is 3.08. The van der Waals surface area contributed by atoms with Crippen molar-refractivity contribution in [1.82, 2.24) is 4.90 Å². The normalized spacial score (nSPS) is 26.2. The number of Topliss-reactive ketones (excluding diaryl/α,β-unsaturated/α-hetero) is 1. The molecule has 0 radical (unpaired) electrons. The molecule has 0 aromatic heterocycles. The lowest BCUT2D eigenvalue weighted by atomic mass is 9.93. The minimum Gasteiger partial charge on any atom is -0.362 e. The SMILES string of the molecule is CCN(CC)C1OCCCC1C(=O)C(F)(F)F. The van der Waals surface area contributed by atoms with Gasteiger partial charge in [-0.3, -0.25) is 9.69 Å². The Bertz CT molecular complexity index is 264. The van der Waals surface area contributed by atoms with E-state index < -0.39 is 24.1 Å². The summed E-state index contributed by atoms with van der Waals surface area (Å²) in [4.78, 5) is 13.1. The van der Waals surface area contributed by atoms with Gasteiger partial charge in [-0.1, -0.05) is 13.8 Å². The molecule has 0 N–H and O–H groups in total. The second kappa shape index (κ2) is 5.82. The van der Waals surface area contributed by atoms with Gasteiger partial charge >= 0.3 is 6.18 Å². The van der Waals surface area contributed by atoms with E-state index in [1.165, 1.54) is 0 Å². The zero-order chi connectivity index (χ0) is 13.1. The Kier molecular flexibility index (Phi) is 4.94. The van der Waals surface area contributed by atoms with Crippen LogP contribution in [-0.4, -0.2) is 42.8 Å². The first kappa shape index (κ1) is 14.4. The molecule has 0 bridgehead atoms. The zero-order valence-electron chi connectivity index (χ0n) is 10.1. The number of rotatable bonds is 4. The summed E-state index contributed by atoms with van der Waals surface area (Å²) in [6.07, 6.45) is -4.74. The maximum atomic E-state index is 12.5. The third kappa shape index (κ3) is 3.42. The molecule has 1 saturated heterocycles. The Labute approximate surface area is 98.9 Å². The van der Waals surface area contributed by atoms with Gasteiger partial charge in [-0.25, -0.2) is 0 Å². The number of carbonyl (C=O) groups is 1. The van der Waals surface area contributed by atoms with Gasteiger partial charge in [0.2, 0.25) is 5.78 Å². The monoisotopic (exact) mass is 253 g/mol. The smallest absolute Gasteiger partial charge is 0.362 e. The highest BCUT2D eigenvalue weighted by atomic mass is 19.4. The molecule has 0 saturated carbocycles. The maximum absolute atomic E-state index is 12.5. The zero-order valence-corrected chi connectivity index (χ0v) is 10.1. The van der Waals surface area contributed by atoms with E-state index >= 15 is 0 Å². The summed E-state index contributed by atoms with van der Waals surface area (Å²) in [7, 11) is 0. The first-order valence-electron chi connectivity index (χ1n) is 5.88. The predicted molar refractivity (Wildman–Crippen MR) is 56.4 cm³/mol. The van der Waals surface area contributed by atoms with Gasteiger partial charge in [0.05, 0.1) is 5.92 Å². The van der Waals surface area contributed by atoms with E-state index in [0.29, 0.717) is 26.1 Å². The predicted octanol–water partition coefficient (Wildman–Crippen LogP) is 2.21. The molecule has 0 aromatic carbocycles. The second-order valence-electron chi connectivity index (χ2n) is 4.09. The van der Waals surface area contributed by atoms with Crippen LogP contribution in [0.2, 0.25) is 0 Å². The van der Waals surface area contributed by atoms with E-state index in [-0.39, 0.29) is 6.42 Å². The first-order valence-corrected chi connectivity index (χ1v) is 5.88. The largest absolute Gasteiger partial charge is 0.450 e. The van der Waals surface area contributed by atoms with Crippen molar-refractivity contribution in [2.75, 3.05) is 19.7 Å². The van der Waals surface area contributed by atoms with E-state index in [0.717, 1.165) is 0 Å². The molecule has 1 heterocycles. The highest BCUT2D eigenvalue weighted by Crippen LogP contribution is 2.31. The van der Waals surface area contributed by atoms with Crippen LogP contribution in [0, 0.1) is 5.92 Å². The van der Waals surface area contributed by atoms with Gasteiger partial charge in [0.25, 0.3) is 0 Å². The minimum atomic E-state index is -4.77. The van der Waals surface area contributed by atoms with E-state index in [1.807, 2.05) is 13.8 Å². The van der Waals surface area contributed by atoms with Crippen molar-refractivity contribution in [2.24, 2.45) is 5.92 Å². The van der Waals surface area contributed by atoms with Crippen LogP contribution in [-0.2, 0) is 9.53 Å². The Morgan fingerprint density at radius 2 is 1.94 bits per heavy atom. The van der Waals surface area contributed by atoms with Crippen molar-refractivity contribution >= 4 is 5.78 Å². The van der Waals surface area contributed by atoms with Gasteiger partial charge in [-0.05, 0) is 25.9 Å². The van der Waals surface area contributed by atoms with Crippen LogP contribution in [0.5, 0.6) is 0 Å². The average Bonchev–Trinajstić information content (AvgIpc) is 2.29. The number of ether oxygens (including phenoxy) is 1. The van der Waals surface area contributed by atoms with E-state index in [2.05, 4.69) is 0 Å². The topological polar surface area (TPSA) is 29.5 Å². The van der Waals surface area contributed by atoms with Crippen LogP contribution >= 0.6 is 0 Å². The summed E-state index contributed by atoms with van der Waals surface area (Å²) in [5.74, 6) is -2.74. The fraction of sp³-hybridized carbons (Fsp3) is 0.909. The van der Waals surface area contributed by atoms with Crippen molar-refractivity contribution in [1.29, 1.82) is 0 Å². The van der Waals surface area contributed by atoms with Crippen molar-refractivity contribution in [3.8, 4) is 0 Å². The van der Waals surface area contributed by atoms with Crippen molar-refractivity contribution in [2.45, 2.75) is 39.1 Å². The molecule has 0 aliphatic carbocycles. The van der Waals surface area contributed by atoms with Crippen LogP contribution in [0.1, 0.15) is 26.7 Å². The Hall–Kier alpha value is -0.620. The molecule has 0 spiro atoms. The Morgan fingerprint density at radius 3 is 2.41 bits per heavy atom. The van der Waals surface area contributed by atoms with E-state index in [1.54, 1.807) is 4.90 Å². The summed E-state index contributed by atoms with van der Waals surface area (Å²) < 4.78 is 42.7. The molecule has 100 valence electrons. The number of ketones is 1. The van der Waals surface area contributed by atoms with Crippen LogP contribution < -0.4 is 0 Å². The van der Waals surface area contributed by atoms with Crippen molar-refractivity contribution in [3.63, 3.8) is 0 Å². The molecule has 6 heteroatoms. The number of halogens is 3. The van der Waals surface area contributed by atoms with Gasteiger partial charge < -0.3 is 4.74 Å². The lowest BCUT2D eigenvalue weighted by molar-refractivity contribution is -0.192. The average molecular weight is 253 g/mol. The fourth-order valence-electron chi connectivity index (χ4n) is 2.18. The summed E-state index contributed by atoms with van der Waals surface area (Å²) >= 11 is 0. The second-order valence-corrected chi connectivity index (χ2v) is 4.09. The molecule has 1 rings (SSSR count). The standard InChI is InChI=1S/C11H18F3NO2/c1-3-15(4-2)10-8(6-5-7-17-10)9(16)11(12,13)14/h8,10H,3-7H2,1-2H3. The number of hydrogen-bond donors (Lipinski definition) is 0. The molecule has 3 nitrogen and oxygen atoms in total. The molecule has 17 heavy (non-hydrogen) atoms. The first-order chi connectivity index (χ1) is 7.91. The van der Waals surface area contributed by atoms with Crippen molar-refractivity contribution in [3.05, 3.63) is 0 Å². The van der Waals surface area contributed by atoms with Gasteiger partial charge in [-0.2, -0.15) is 13.2 Å². The van der Waals surface area contributed by atoms with Crippen LogP contribution in [0.25, 0.3) is 0 Å². The number of hydrogen-bond acceptors (Lipinski definition) is 3. The summed E-state index contributed by atoms with van der Waals surface area (Å²) in [6, 6.07) is 0. The number of carbonyl (C=O) groups excluding carboxylic acids is 1. The summed E-state index contributed by atoms with van der Waals surface area (Å²) in [6.45, 7) is 5.25. The number of alkyl halides is 3. The lowest BCUT2D eigenvalue weighted by Crippen LogP contribution is -2.50. The molecular weight excluding hydrogens is 235 g/mol. The molecule has 0 amide bonds. The molecule has 1 aliphatic heterocycles. The van der Waals surface area contributed by atoms with Gasteiger partial charge in [-0.15, -0.1) is 0 Å². The molecule has 0 aromatic rings. The van der Waals surface area contributed by atoms with Gasteiger partial charge in [0, 0.05) is 6.61 Å². The minimum absolute atomic E-state index is 0.250. The molecule has 1 fully saturated rings. The highest BCUT2D eigenvalue weighted by molar-refractivity contribution is 5.86. The van der Waals surface area contributed by atoms with Crippen LogP contribution in [0.3, 0.4) is 0 Å². The Morgan fingerprint density at radius 1 is 1.35 bits per heavy atom. The third-order valence-electron chi connectivity index (χ3n) is 3.08. The molecule has 1 aliphatic rings. The Balaban J connectivity index is 2.82. The van der Waals surface area contributed by atoms with Gasteiger partial charge in [0.1, 0.15) is 6.23 Å². The maximum Gasteiger partial charge on any atom is 0.450 e. The van der Waals surface area contributed by atoms with Crippen LogP contribution in [0.4, 0.5) is 13.2 Å². The lowest BCUT2D eigenvalue weighted by Gasteiger charge is -2.38. The van der Waals surface area contributed by atoms with E-state index in [9.17, 15) is 18.0 Å². The van der Waals surface area contributed by atoms with E-state index in [4.69, 9.17) is 4.74 Å². The van der Waals surface area contributed by atoms with Gasteiger partial charge in [0.15, 0.2) is 0 Å². The van der Waals surface area contributed by atoms with Crippen molar-refractivity contribution < 1.29 is 22.7 Å².